The van der Waals surface area contributed by atoms with Gasteiger partial charge >= 0.3 is 0 Å². The number of hydrogen-bond donors (Lipinski definition) is 1. The van der Waals surface area contributed by atoms with Crippen molar-refractivity contribution in [2.24, 2.45) is 5.92 Å². The lowest BCUT2D eigenvalue weighted by Gasteiger charge is -2.37. The van der Waals surface area contributed by atoms with Crippen LogP contribution in [0, 0.1) is 5.92 Å². The average Bonchev–Trinajstić information content (AvgIpc) is 2.47. The van der Waals surface area contributed by atoms with Crippen molar-refractivity contribution < 1.29 is 4.79 Å². The Balaban J connectivity index is 1.92. The second kappa shape index (κ2) is 5.82. The first-order chi connectivity index (χ1) is 10.2. The highest BCUT2D eigenvalue weighted by Crippen LogP contribution is 2.21. The number of rotatable bonds is 3. The zero-order chi connectivity index (χ0) is 14.8. The van der Waals surface area contributed by atoms with E-state index in [9.17, 15) is 4.79 Å². The molecule has 110 valence electrons. The first kappa shape index (κ1) is 14.0. The van der Waals surface area contributed by atoms with E-state index in [0.717, 1.165) is 30.5 Å². The molecule has 1 aromatic heterocycles. The van der Waals surface area contributed by atoms with Crippen LogP contribution in [0.4, 0.5) is 0 Å². The molecule has 2 heterocycles. The Hall–Kier alpha value is -1.94. The predicted molar refractivity (Wildman–Crippen MR) is 83.8 cm³/mol. The third-order valence-electron chi connectivity index (χ3n) is 4.08. The van der Waals surface area contributed by atoms with Gasteiger partial charge in [0.25, 0.3) is 0 Å². The average molecular weight is 283 g/mol. The van der Waals surface area contributed by atoms with Crippen LogP contribution < -0.4 is 5.32 Å². The lowest BCUT2D eigenvalue weighted by atomic mass is 9.98. The molecule has 1 saturated heterocycles. The van der Waals surface area contributed by atoms with Crippen LogP contribution in [0.25, 0.3) is 10.9 Å². The van der Waals surface area contributed by atoms with Crippen LogP contribution in [0.15, 0.2) is 36.5 Å². The van der Waals surface area contributed by atoms with Crippen molar-refractivity contribution >= 4 is 16.8 Å². The topological polar surface area (TPSA) is 45.2 Å². The molecule has 1 aromatic carbocycles. The van der Waals surface area contributed by atoms with Gasteiger partial charge in [0.05, 0.1) is 11.6 Å². The summed E-state index contributed by atoms with van der Waals surface area (Å²) >= 11 is 0. The van der Waals surface area contributed by atoms with Crippen LogP contribution in [0.1, 0.15) is 19.4 Å². The van der Waals surface area contributed by atoms with Crippen molar-refractivity contribution in [1.29, 1.82) is 0 Å². The maximum Gasteiger partial charge on any atom is 0.237 e. The third-order valence-corrected chi connectivity index (χ3v) is 4.08. The largest absolute Gasteiger partial charge is 0.353 e. The van der Waals surface area contributed by atoms with E-state index < -0.39 is 0 Å². The number of hydrogen-bond acceptors (Lipinski definition) is 3. The predicted octanol–water partition coefficient (Wildman–Crippen LogP) is 2.19. The number of fused-ring (bicyclic) bond motifs is 1. The Morgan fingerprint density at radius 3 is 2.95 bits per heavy atom. The van der Waals surface area contributed by atoms with E-state index in [1.807, 2.05) is 12.3 Å². The van der Waals surface area contributed by atoms with Crippen LogP contribution >= 0.6 is 0 Å². The van der Waals surface area contributed by atoms with Gasteiger partial charge < -0.3 is 5.32 Å². The number of pyridine rings is 1. The van der Waals surface area contributed by atoms with Gasteiger partial charge in [0.2, 0.25) is 5.91 Å². The molecular weight excluding hydrogens is 262 g/mol. The van der Waals surface area contributed by atoms with E-state index in [1.165, 1.54) is 5.56 Å². The summed E-state index contributed by atoms with van der Waals surface area (Å²) in [5, 5.41) is 4.12. The molecule has 0 aliphatic carbocycles. The van der Waals surface area contributed by atoms with Crippen molar-refractivity contribution in [2.45, 2.75) is 26.4 Å². The monoisotopic (exact) mass is 283 g/mol. The highest BCUT2D eigenvalue weighted by atomic mass is 16.2. The highest BCUT2D eigenvalue weighted by Gasteiger charge is 2.32. The zero-order valence-corrected chi connectivity index (χ0v) is 12.5. The minimum Gasteiger partial charge on any atom is -0.353 e. The lowest BCUT2D eigenvalue weighted by molar-refractivity contribution is -0.131. The Morgan fingerprint density at radius 2 is 2.14 bits per heavy atom. The van der Waals surface area contributed by atoms with Crippen LogP contribution in [-0.4, -0.2) is 34.9 Å². The van der Waals surface area contributed by atoms with E-state index in [2.05, 4.69) is 53.3 Å². The third kappa shape index (κ3) is 2.76. The number of aromatic nitrogens is 1. The molecule has 4 nitrogen and oxygen atoms in total. The Morgan fingerprint density at radius 1 is 1.33 bits per heavy atom. The normalized spacial score (nSPS) is 20.0. The first-order valence-corrected chi connectivity index (χ1v) is 7.51. The number of nitrogens with zero attached hydrogens (tertiary/aromatic N) is 2. The molecule has 1 unspecified atom stereocenters. The molecule has 1 atom stereocenters. The van der Waals surface area contributed by atoms with Gasteiger partial charge in [-0.3, -0.25) is 14.7 Å². The maximum atomic E-state index is 12.1. The van der Waals surface area contributed by atoms with E-state index in [1.54, 1.807) is 0 Å². The summed E-state index contributed by atoms with van der Waals surface area (Å²) < 4.78 is 0. The molecule has 0 spiro atoms. The Labute approximate surface area is 125 Å². The van der Waals surface area contributed by atoms with Gasteiger partial charge in [-0.05, 0) is 17.5 Å². The van der Waals surface area contributed by atoms with Gasteiger partial charge in [0.15, 0.2) is 0 Å². The van der Waals surface area contributed by atoms with Gasteiger partial charge in [-0.2, -0.15) is 0 Å². The van der Waals surface area contributed by atoms with E-state index in [0.29, 0.717) is 5.92 Å². The van der Waals surface area contributed by atoms with Crippen molar-refractivity contribution in [2.75, 3.05) is 13.1 Å². The molecule has 4 heteroatoms. The molecule has 2 aromatic rings. The van der Waals surface area contributed by atoms with Crippen molar-refractivity contribution in [3.63, 3.8) is 0 Å². The van der Waals surface area contributed by atoms with Gasteiger partial charge in [-0.1, -0.05) is 38.1 Å². The number of amides is 1. The molecule has 3 rings (SSSR count). The second-order valence-electron chi connectivity index (χ2n) is 5.94. The fourth-order valence-corrected chi connectivity index (χ4v) is 3.15. The SMILES string of the molecule is CC(C)C1C(=O)NCCN1Cc1cccc2cccnc12. The van der Waals surface area contributed by atoms with Gasteiger partial charge in [-0.15, -0.1) is 0 Å². The van der Waals surface area contributed by atoms with E-state index >= 15 is 0 Å². The summed E-state index contributed by atoms with van der Waals surface area (Å²) in [6.45, 7) is 6.58. The summed E-state index contributed by atoms with van der Waals surface area (Å²) in [6.07, 6.45) is 1.83. The Kier molecular flexibility index (Phi) is 3.88. The minimum atomic E-state index is -0.0577. The van der Waals surface area contributed by atoms with Crippen LogP contribution in [0.3, 0.4) is 0 Å². The number of para-hydroxylation sites is 1. The van der Waals surface area contributed by atoms with Crippen LogP contribution in [-0.2, 0) is 11.3 Å². The molecular formula is C17H21N3O. The van der Waals surface area contributed by atoms with Gasteiger partial charge in [0, 0.05) is 31.2 Å². The number of carbonyl (C=O) groups is 1. The molecule has 0 bridgehead atoms. The second-order valence-corrected chi connectivity index (χ2v) is 5.94. The standard InChI is InChI=1S/C17H21N3O/c1-12(2)16-17(21)19-9-10-20(16)11-14-6-3-5-13-7-4-8-18-15(13)14/h3-8,12,16H,9-11H2,1-2H3,(H,19,21). The van der Waals surface area contributed by atoms with Gasteiger partial charge in [-0.25, -0.2) is 0 Å². The summed E-state index contributed by atoms with van der Waals surface area (Å²) in [5.41, 5.74) is 2.22. The maximum absolute atomic E-state index is 12.1. The van der Waals surface area contributed by atoms with Crippen LogP contribution in [0.5, 0.6) is 0 Å². The summed E-state index contributed by atoms with van der Waals surface area (Å²) in [5.74, 6) is 0.442. The molecule has 1 N–H and O–H groups in total. The zero-order valence-electron chi connectivity index (χ0n) is 12.5. The lowest BCUT2D eigenvalue weighted by Crippen LogP contribution is -2.56. The molecule has 1 amide bonds. The minimum absolute atomic E-state index is 0.0577. The number of piperazine rings is 1. The summed E-state index contributed by atoms with van der Waals surface area (Å²) in [6, 6.07) is 10.2. The van der Waals surface area contributed by atoms with E-state index in [-0.39, 0.29) is 11.9 Å². The van der Waals surface area contributed by atoms with Crippen molar-refractivity contribution in [1.82, 2.24) is 15.2 Å². The Bertz CT molecular complexity index is 648. The number of carbonyl (C=O) groups excluding carboxylic acids is 1. The number of nitrogens with one attached hydrogen (secondary N) is 1. The highest BCUT2D eigenvalue weighted by molar-refractivity contribution is 5.83. The smallest absolute Gasteiger partial charge is 0.237 e. The fraction of sp³-hybridized carbons (Fsp3) is 0.412. The molecule has 0 saturated carbocycles. The molecule has 0 radical (unpaired) electrons. The summed E-state index contributed by atoms with van der Waals surface area (Å²) in [4.78, 5) is 18.9. The number of benzene rings is 1. The molecule has 1 aliphatic heterocycles. The van der Waals surface area contributed by atoms with Crippen molar-refractivity contribution in [3.05, 3.63) is 42.1 Å². The quantitative estimate of drug-likeness (QED) is 0.939. The fourth-order valence-electron chi connectivity index (χ4n) is 3.15. The van der Waals surface area contributed by atoms with E-state index in [4.69, 9.17) is 0 Å². The first-order valence-electron chi connectivity index (χ1n) is 7.51. The molecule has 1 fully saturated rings. The molecule has 21 heavy (non-hydrogen) atoms. The summed E-state index contributed by atoms with van der Waals surface area (Å²) in [7, 11) is 0. The molecule has 1 aliphatic rings. The van der Waals surface area contributed by atoms with Gasteiger partial charge in [0.1, 0.15) is 0 Å². The van der Waals surface area contributed by atoms with Crippen molar-refractivity contribution in [3.8, 4) is 0 Å². The van der Waals surface area contributed by atoms with Crippen LogP contribution in [0.2, 0.25) is 0 Å².